The molecule has 1 heterocycles. The van der Waals surface area contributed by atoms with Crippen LogP contribution in [-0.2, 0) is 19.1 Å². The van der Waals surface area contributed by atoms with Crippen LogP contribution < -0.4 is 5.32 Å². The lowest BCUT2D eigenvalue weighted by atomic mass is 9.81. The standard InChI is InChI=1S/C11H18N2O2.2C2H4O2/c1-10(2)5-8(15-9(14)7-12)6-11(3,4)13-10;2*1-2(3)4/h8,13H,5-6H2,1-4H3;2*1H3,(H,3,4). The average molecular weight is 330 g/mol. The van der Waals surface area contributed by atoms with Crippen LogP contribution in [0, 0.1) is 11.3 Å². The van der Waals surface area contributed by atoms with Crippen molar-refractivity contribution in [1.29, 1.82) is 5.26 Å². The van der Waals surface area contributed by atoms with Crippen molar-refractivity contribution in [3.05, 3.63) is 0 Å². The monoisotopic (exact) mass is 330 g/mol. The van der Waals surface area contributed by atoms with E-state index in [0.717, 1.165) is 26.7 Å². The number of hydrogen-bond acceptors (Lipinski definition) is 6. The van der Waals surface area contributed by atoms with Crippen molar-refractivity contribution in [1.82, 2.24) is 5.32 Å². The highest BCUT2D eigenvalue weighted by Crippen LogP contribution is 2.30. The van der Waals surface area contributed by atoms with E-state index in [2.05, 4.69) is 33.0 Å². The van der Waals surface area contributed by atoms with E-state index in [9.17, 15) is 4.79 Å². The van der Waals surface area contributed by atoms with Crippen LogP contribution in [0.1, 0.15) is 54.4 Å². The van der Waals surface area contributed by atoms with Gasteiger partial charge >= 0.3 is 5.97 Å². The van der Waals surface area contributed by atoms with Gasteiger partial charge in [-0.05, 0) is 27.7 Å². The number of ether oxygens (including phenoxy) is 1. The minimum absolute atomic E-state index is 0.0673. The number of piperidine rings is 1. The molecule has 1 aliphatic rings. The van der Waals surface area contributed by atoms with Crippen LogP contribution >= 0.6 is 0 Å². The molecule has 132 valence electrons. The Balaban J connectivity index is 0. The topological polar surface area (TPSA) is 137 Å². The first-order valence-corrected chi connectivity index (χ1v) is 7.00. The summed E-state index contributed by atoms with van der Waals surface area (Å²) in [5.74, 6) is -2.45. The van der Waals surface area contributed by atoms with Gasteiger partial charge in [-0.15, -0.1) is 0 Å². The third-order valence-corrected chi connectivity index (χ3v) is 2.52. The number of carboxylic acids is 2. The van der Waals surface area contributed by atoms with Crippen LogP contribution in [0.2, 0.25) is 0 Å². The zero-order valence-corrected chi connectivity index (χ0v) is 14.5. The van der Waals surface area contributed by atoms with E-state index in [1.54, 1.807) is 0 Å². The summed E-state index contributed by atoms with van der Waals surface area (Å²) in [5.41, 5.74) is -0.135. The summed E-state index contributed by atoms with van der Waals surface area (Å²) < 4.78 is 5.07. The predicted molar refractivity (Wildman–Crippen MR) is 82.6 cm³/mol. The molecule has 0 bridgehead atoms. The minimum Gasteiger partial charge on any atom is -0.481 e. The molecule has 0 radical (unpaired) electrons. The second kappa shape index (κ2) is 9.79. The maximum Gasteiger partial charge on any atom is 0.411 e. The van der Waals surface area contributed by atoms with Crippen molar-refractivity contribution in [2.45, 2.75) is 71.6 Å². The van der Waals surface area contributed by atoms with Crippen LogP contribution in [0.3, 0.4) is 0 Å². The number of esters is 1. The first-order valence-electron chi connectivity index (χ1n) is 7.00. The fourth-order valence-corrected chi connectivity index (χ4v) is 2.49. The first-order chi connectivity index (χ1) is 10.2. The Bertz CT molecular complexity index is 429. The third kappa shape index (κ3) is 16.1. The van der Waals surface area contributed by atoms with Crippen molar-refractivity contribution in [2.75, 3.05) is 0 Å². The number of nitriles is 1. The van der Waals surface area contributed by atoms with E-state index in [-0.39, 0.29) is 17.2 Å². The zero-order valence-electron chi connectivity index (χ0n) is 14.5. The Morgan fingerprint density at radius 1 is 1.04 bits per heavy atom. The Kier molecular flexibility index (Phi) is 9.85. The molecule has 1 aliphatic heterocycles. The molecule has 23 heavy (non-hydrogen) atoms. The van der Waals surface area contributed by atoms with Gasteiger partial charge in [0.2, 0.25) is 0 Å². The summed E-state index contributed by atoms with van der Waals surface area (Å²) in [6, 6.07) is 1.49. The molecule has 0 spiro atoms. The van der Waals surface area contributed by atoms with Gasteiger partial charge < -0.3 is 20.3 Å². The maximum absolute atomic E-state index is 10.9. The summed E-state index contributed by atoms with van der Waals surface area (Å²) in [5, 5.41) is 26.7. The van der Waals surface area contributed by atoms with Crippen LogP contribution in [0.5, 0.6) is 0 Å². The number of carbonyl (C=O) groups excluding carboxylic acids is 1. The lowest BCUT2D eigenvalue weighted by Gasteiger charge is -2.45. The summed E-state index contributed by atoms with van der Waals surface area (Å²) in [6.45, 7) is 10.4. The zero-order chi connectivity index (χ0) is 18.8. The van der Waals surface area contributed by atoms with Crippen molar-refractivity contribution < 1.29 is 29.3 Å². The quantitative estimate of drug-likeness (QED) is 0.486. The number of rotatable bonds is 1. The lowest BCUT2D eigenvalue weighted by Crippen LogP contribution is -2.59. The fourth-order valence-electron chi connectivity index (χ4n) is 2.49. The Hall–Kier alpha value is -2.14. The van der Waals surface area contributed by atoms with Gasteiger partial charge in [0.25, 0.3) is 11.9 Å². The molecule has 0 aromatic rings. The van der Waals surface area contributed by atoms with Gasteiger partial charge in [0, 0.05) is 37.8 Å². The molecular formula is C15H26N2O6. The van der Waals surface area contributed by atoms with Crippen LogP contribution in [0.4, 0.5) is 0 Å². The van der Waals surface area contributed by atoms with Crippen molar-refractivity contribution in [3.63, 3.8) is 0 Å². The highest BCUT2D eigenvalue weighted by atomic mass is 16.5. The summed E-state index contributed by atoms with van der Waals surface area (Å²) in [4.78, 5) is 28.9. The predicted octanol–water partition coefficient (Wildman–Crippen LogP) is 1.54. The van der Waals surface area contributed by atoms with E-state index < -0.39 is 17.9 Å². The molecule has 1 rings (SSSR count). The molecule has 8 heteroatoms. The lowest BCUT2D eigenvalue weighted by molar-refractivity contribution is -0.146. The van der Waals surface area contributed by atoms with Gasteiger partial charge in [-0.2, -0.15) is 5.26 Å². The van der Waals surface area contributed by atoms with Gasteiger partial charge in [0.1, 0.15) is 6.10 Å². The average Bonchev–Trinajstić information content (AvgIpc) is 2.22. The van der Waals surface area contributed by atoms with Gasteiger partial charge in [-0.1, -0.05) is 0 Å². The number of carbonyl (C=O) groups is 3. The molecule has 0 aliphatic carbocycles. The second-order valence-corrected chi connectivity index (χ2v) is 6.48. The number of carboxylic acid groups (broad SMARTS) is 2. The highest BCUT2D eigenvalue weighted by molar-refractivity contribution is 5.85. The first kappa shape index (κ1) is 23.1. The van der Waals surface area contributed by atoms with Gasteiger partial charge in [0.05, 0.1) is 0 Å². The molecule has 0 unspecified atom stereocenters. The second-order valence-electron chi connectivity index (χ2n) is 6.48. The van der Waals surface area contributed by atoms with E-state index >= 15 is 0 Å². The number of aliphatic carboxylic acids is 2. The molecule has 8 nitrogen and oxygen atoms in total. The summed E-state index contributed by atoms with van der Waals surface area (Å²) >= 11 is 0. The van der Waals surface area contributed by atoms with Gasteiger partial charge in [0.15, 0.2) is 6.07 Å². The highest BCUT2D eigenvalue weighted by Gasteiger charge is 2.39. The van der Waals surface area contributed by atoms with E-state index in [1.807, 2.05) is 0 Å². The molecule has 1 saturated heterocycles. The molecule has 0 saturated carbocycles. The Labute approximate surface area is 136 Å². The van der Waals surface area contributed by atoms with E-state index in [0.29, 0.717) is 0 Å². The molecule has 0 aromatic heterocycles. The molecule has 1 fully saturated rings. The molecule has 0 aromatic carbocycles. The Morgan fingerprint density at radius 3 is 1.61 bits per heavy atom. The SMILES string of the molecule is CC(=O)O.CC(=O)O.CC1(C)CC(OC(=O)C#N)CC(C)(C)N1. The largest absolute Gasteiger partial charge is 0.481 e. The van der Waals surface area contributed by atoms with Crippen molar-refractivity contribution in [2.24, 2.45) is 0 Å². The Morgan fingerprint density at radius 2 is 1.35 bits per heavy atom. The summed E-state index contributed by atoms with van der Waals surface area (Å²) in [7, 11) is 0. The smallest absolute Gasteiger partial charge is 0.411 e. The normalized spacial score (nSPS) is 18.0. The van der Waals surface area contributed by atoms with Crippen LogP contribution in [0.25, 0.3) is 0 Å². The third-order valence-electron chi connectivity index (χ3n) is 2.52. The minimum atomic E-state index is -0.833. The van der Waals surface area contributed by atoms with Crippen LogP contribution in [-0.4, -0.2) is 45.3 Å². The number of hydrogen-bond donors (Lipinski definition) is 3. The van der Waals surface area contributed by atoms with Crippen LogP contribution in [0.15, 0.2) is 0 Å². The molecule has 0 atom stereocenters. The van der Waals surface area contributed by atoms with Crippen molar-refractivity contribution in [3.8, 4) is 6.07 Å². The van der Waals surface area contributed by atoms with E-state index in [4.69, 9.17) is 29.8 Å². The fraction of sp³-hybridized carbons (Fsp3) is 0.733. The summed E-state index contributed by atoms with van der Waals surface area (Å²) in [6.07, 6.45) is 1.32. The molecule has 3 N–H and O–H groups in total. The van der Waals surface area contributed by atoms with Crippen molar-refractivity contribution >= 4 is 17.9 Å². The number of nitrogens with zero attached hydrogens (tertiary/aromatic N) is 1. The molecular weight excluding hydrogens is 304 g/mol. The van der Waals surface area contributed by atoms with Gasteiger partial charge in [-0.3, -0.25) is 9.59 Å². The number of nitrogens with one attached hydrogen (secondary N) is 1. The van der Waals surface area contributed by atoms with E-state index in [1.165, 1.54) is 6.07 Å². The maximum atomic E-state index is 10.9. The molecule has 0 amide bonds. The van der Waals surface area contributed by atoms with Gasteiger partial charge in [-0.25, -0.2) is 4.79 Å².